The summed E-state index contributed by atoms with van der Waals surface area (Å²) < 4.78 is 30.5. The highest BCUT2D eigenvalue weighted by atomic mass is 19.2. The Morgan fingerprint density at radius 2 is 1.81 bits per heavy atom. The summed E-state index contributed by atoms with van der Waals surface area (Å²) in [5, 5.41) is 3.28. The van der Waals surface area contributed by atoms with Crippen molar-refractivity contribution in [3.8, 4) is 0 Å². The normalized spacial score (nSPS) is 14.8. The molecule has 2 aromatic heterocycles. The van der Waals surface area contributed by atoms with E-state index in [0.29, 0.717) is 35.2 Å². The fourth-order valence-electron chi connectivity index (χ4n) is 4.30. The van der Waals surface area contributed by atoms with Crippen molar-refractivity contribution in [1.82, 2.24) is 19.2 Å². The Kier molecular flexibility index (Phi) is 5.22. The van der Waals surface area contributed by atoms with Gasteiger partial charge >= 0.3 is 0 Å². The van der Waals surface area contributed by atoms with Crippen molar-refractivity contribution in [2.24, 2.45) is 0 Å². The summed E-state index contributed by atoms with van der Waals surface area (Å²) in [6, 6.07) is 12.4. The van der Waals surface area contributed by atoms with Crippen LogP contribution in [0.15, 0.2) is 59.5 Å². The Labute approximate surface area is 182 Å². The van der Waals surface area contributed by atoms with Crippen LogP contribution < -0.4 is 10.9 Å². The summed E-state index contributed by atoms with van der Waals surface area (Å²) in [6.45, 7) is 2.96. The fraction of sp³-hybridized carbons (Fsp3) is 0.250. The maximum atomic E-state index is 13.8. The van der Waals surface area contributed by atoms with Crippen molar-refractivity contribution in [2.75, 3.05) is 26.2 Å². The second kappa shape index (κ2) is 8.20. The number of carbonyl (C=O) groups excluding carboxylic acids is 1. The van der Waals surface area contributed by atoms with Crippen LogP contribution in [0.1, 0.15) is 22.3 Å². The SMILES string of the molecule is O=C(c1ccc2c(c1)n(Cc1ccc(F)c(F)c1)c(=O)c1cccn12)N1CCCNCC1. The first-order valence-electron chi connectivity index (χ1n) is 10.6. The van der Waals surface area contributed by atoms with Crippen molar-refractivity contribution in [1.29, 1.82) is 0 Å². The molecule has 1 amide bonds. The van der Waals surface area contributed by atoms with Gasteiger partial charge in [-0.25, -0.2) is 8.78 Å². The highest BCUT2D eigenvalue weighted by Gasteiger charge is 2.19. The molecule has 1 N–H and O–H groups in total. The predicted molar refractivity (Wildman–Crippen MR) is 118 cm³/mol. The quantitative estimate of drug-likeness (QED) is 0.537. The number of benzene rings is 2. The molecule has 1 fully saturated rings. The number of hydrogen-bond donors (Lipinski definition) is 1. The molecule has 4 aromatic rings. The molecular formula is C24H22F2N4O2. The van der Waals surface area contributed by atoms with Crippen molar-refractivity contribution >= 4 is 22.5 Å². The number of halogens is 2. The standard InChI is InChI=1S/C24H22F2N4O2/c25-18-6-4-16(13-19(18)26)15-30-22-14-17(23(31)28-10-2-8-27-9-12-28)5-7-20(22)29-11-1-3-21(29)24(30)32/h1,3-7,11,13-14,27H,2,8-10,12,15H2. The van der Waals surface area contributed by atoms with Gasteiger partial charge in [0.1, 0.15) is 5.52 Å². The summed E-state index contributed by atoms with van der Waals surface area (Å²) in [7, 11) is 0. The number of hydrogen-bond acceptors (Lipinski definition) is 3. The van der Waals surface area contributed by atoms with Gasteiger partial charge < -0.3 is 19.2 Å². The minimum atomic E-state index is -0.964. The van der Waals surface area contributed by atoms with Gasteiger partial charge in [0.05, 0.1) is 17.6 Å². The van der Waals surface area contributed by atoms with E-state index < -0.39 is 11.6 Å². The maximum Gasteiger partial charge on any atom is 0.275 e. The van der Waals surface area contributed by atoms with Gasteiger partial charge in [-0.05, 0) is 61.0 Å². The maximum absolute atomic E-state index is 13.8. The molecule has 1 aliphatic rings. The van der Waals surface area contributed by atoms with E-state index in [0.717, 1.165) is 37.2 Å². The number of nitrogens with one attached hydrogen (secondary N) is 1. The van der Waals surface area contributed by atoms with E-state index in [1.807, 2.05) is 11.0 Å². The predicted octanol–water partition coefficient (Wildman–Crippen LogP) is 3.02. The first-order valence-corrected chi connectivity index (χ1v) is 10.6. The molecular weight excluding hydrogens is 414 g/mol. The van der Waals surface area contributed by atoms with Gasteiger partial charge in [0.15, 0.2) is 11.6 Å². The van der Waals surface area contributed by atoms with E-state index in [-0.39, 0.29) is 18.0 Å². The van der Waals surface area contributed by atoms with Crippen molar-refractivity contribution < 1.29 is 13.6 Å². The monoisotopic (exact) mass is 436 g/mol. The van der Waals surface area contributed by atoms with Gasteiger partial charge in [-0.15, -0.1) is 0 Å². The Balaban J connectivity index is 1.65. The molecule has 5 rings (SSSR count). The molecule has 0 spiro atoms. The molecule has 0 aliphatic carbocycles. The zero-order valence-electron chi connectivity index (χ0n) is 17.4. The van der Waals surface area contributed by atoms with E-state index in [2.05, 4.69) is 5.32 Å². The van der Waals surface area contributed by atoms with Crippen LogP contribution in [0.3, 0.4) is 0 Å². The van der Waals surface area contributed by atoms with Crippen LogP contribution in [-0.4, -0.2) is 46.0 Å². The molecule has 0 radical (unpaired) electrons. The molecule has 0 unspecified atom stereocenters. The highest BCUT2D eigenvalue weighted by molar-refractivity contribution is 5.97. The van der Waals surface area contributed by atoms with Gasteiger partial charge in [-0.1, -0.05) is 6.07 Å². The summed E-state index contributed by atoms with van der Waals surface area (Å²) in [5.74, 6) is -1.99. The zero-order chi connectivity index (χ0) is 22.2. The third-order valence-corrected chi connectivity index (χ3v) is 5.94. The molecule has 0 saturated carbocycles. The van der Waals surface area contributed by atoms with Crippen LogP contribution in [-0.2, 0) is 6.54 Å². The number of nitrogens with zero attached hydrogens (tertiary/aromatic N) is 3. The second-order valence-electron chi connectivity index (χ2n) is 8.00. The van der Waals surface area contributed by atoms with Crippen molar-refractivity contribution in [2.45, 2.75) is 13.0 Å². The number of rotatable bonds is 3. The zero-order valence-corrected chi connectivity index (χ0v) is 17.4. The molecule has 3 heterocycles. The first-order chi connectivity index (χ1) is 15.5. The Bertz CT molecular complexity index is 1380. The van der Waals surface area contributed by atoms with E-state index >= 15 is 0 Å². The molecule has 0 atom stereocenters. The molecule has 0 bridgehead atoms. The van der Waals surface area contributed by atoms with E-state index in [1.54, 1.807) is 34.9 Å². The summed E-state index contributed by atoms with van der Waals surface area (Å²) in [5.41, 5.74) is 2.46. The number of carbonyl (C=O) groups is 1. The van der Waals surface area contributed by atoms with Crippen LogP contribution in [0.5, 0.6) is 0 Å². The molecule has 1 aliphatic heterocycles. The number of fused-ring (bicyclic) bond motifs is 3. The lowest BCUT2D eigenvalue weighted by Crippen LogP contribution is -2.34. The van der Waals surface area contributed by atoms with E-state index in [9.17, 15) is 18.4 Å². The molecule has 32 heavy (non-hydrogen) atoms. The van der Waals surface area contributed by atoms with Gasteiger partial charge in [-0.3, -0.25) is 9.59 Å². The van der Waals surface area contributed by atoms with Crippen LogP contribution in [0, 0.1) is 11.6 Å². The van der Waals surface area contributed by atoms with Gasteiger partial charge in [0.2, 0.25) is 0 Å². The average molecular weight is 436 g/mol. The Morgan fingerprint density at radius 1 is 0.938 bits per heavy atom. The lowest BCUT2D eigenvalue weighted by atomic mass is 10.1. The Morgan fingerprint density at radius 3 is 2.66 bits per heavy atom. The molecule has 6 nitrogen and oxygen atoms in total. The third kappa shape index (κ3) is 3.56. The summed E-state index contributed by atoms with van der Waals surface area (Å²) in [6.07, 6.45) is 2.67. The summed E-state index contributed by atoms with van der Waals surface area (Å²) in [4.78, 5) is 28.2. The van der Waals surface area contributed by atoms with Crippen LogP contribution in [0.4, 0.5) is 8.78 Å². The largest absolute Gasteiger partial charge is 0.337 e. The number of aromatic nitrogens is 2. The molecule has 2 aromatic carbocycles. The van der Waals surface area contributed by atoms with E-state index in [4.69, 9.17) is 0 Å². The van der Waals surface area contributed by atoms with E-state index in [1.165, 1.54) is 10.6 Å². The van der Waals surface area contributed by atoms with Crippen LogP contribution in [0.2, 0.25) is 0 Å². The van der Waals surface area contributed by atoms with Gasteiger partial charge in [0, 0.05) is 31.4 Å². The number of amides is 1. The van der Waals surface area contributed by atoms with Crippen LogP contribution in [0.25, 0.3) is 16.6 Å². The summed E-state index contributed by atoms with van der Waals surface area (Å²) >= 11 is 0. The molecule has 8 heteroatoms. The lowest BCUT2D eigenvalue weighted by molar-refractivity contribution is 0.0766. The lowest BCUT2D eigenvalue weighted by Gasteiger charge is -2.21. The van der Waals surface area contributed by atoms with Gasteiger partial charge in [-0.2, -0.15) is 0 Å². The minimum absolute atomic E-state index is 0.0551. The highest BCUT2D eigenvalue weighted by Crippen LogP contribution is 2.20. The van der Waals surface area contributed by atoms with Gasteiger partial charge in [0.25, 0.3) is 11.5 Å². The minimum Gasteiger partial charge on any atom is -0.337 e. The average Bonchev–Trinajstić information content (AvgIpc) is 3.14. The van der Waals surface area contributed by atoms with Crippen molar-refractivity contribution in [3.05, 3.63) is 87.8 Å². The molecule has 164 valence electrons. The van der Waals surface area contributed by atoms with Crippen LogP contribution >= 0.6 is 0 Å². The second-order valence-corrected chi connectivity index (χ2v) is 8.00. The fourth-order valence-corrected chi connectivity index (χ4v) is 4.30. The smallest absolute Gasteiger partial charge is 0.275 e. The Hall–Kier alpha value is -3.52. The first kappa shape index (κ1) is 20.4. The third-order valence-electron chi connectivity index (χ3n) is 5.94. The topological polar surface area (TPSA) is 58.8 Å². The van der Waals surface area contributed by atoms with Crippen molar-refractivity contribution in [3.63, 3.8) is 0 Å². The molecule has 1 saturated heterocycles.